The summed E-state index contributed by atoms with van der Waals surface area (Å²) in [6.45, 7) is 5.47. The Labute approximate surface area is 151 Å². The second-order valence-electron chi connectivity index (χ2n) is 5.88. The van der Waals surface area contributed by atoms with Crippen molar-refractivity contribution in [3.8, 4) is 0 Å². The minimum atomic E-state index is -0.335. The number of carbonyl (C=O) groups excluding carboxylic acids is 1. The number of hydrogen-bond acceptors (Lipinski definition) is 6. The third-order valence-corrected chi connectivity index (χ3v) is 4.94. The Morgan fingerprint density at radius 3 is 2.80 bits per heavy atom. The van der Waals surface area contributed by atoms with Gasteiger partial charge in [0.2, 0.25) is 0 Å². The lowest BCUT2D eigenvalue weighted by Gasteiger charge is -2.14. The molecule has 132 valence electrons. The molecule has 0 spiro atoms. The minimum Gasteiger partial charge on any atom is -0.462 e. The molecular weight excluding hydrogens is 336 g/mol. The third-order valence-electron chi connectivity index (χ3n) is 3.90. The Balaban J connectivity index is 1.84. The molecule has 1 aromatic carbocycles. The molecule has 0 atom stereocenters. The molecule has 0 radical (unpaired) electrons. The number of aryl methyl sites for hydroxylation is 1. The number of ether oxygens (including phenoxy) is 1. The van der Waals surface area contributed by atoms with Crippen LogP contribution < -0.4 is 0 Å². The summed E-state index contributed by atoms with van der Waals surface area (Å²) in [5.74, 6) is 0.297. The molecule has 0 aliphatic rings. The molecule has 0 amide bonds. The van der Waals surface area contributed by atoms with E-state index in [0.29, 0.717) is 36.6 Å². The number of esters is 1. The lowest BCUT2D eigenvalue weighted by molar-refractivity contribution is 0.0524. The van der Waals surface area contributed by atoms with Crippen molar-refractivity contribution >= 4 is 28.3 Å². The summed E-state index contributed by atoms with van der Waals surface area (Å²) in [5.41, 5.74) is 2.27. The van der Waals surface area contributed by atoms with E-state index in [1.807, 2.05) is 31.3 Å². The van der Waals surface area contributed by atoms with E-state index in [4.69, 9.17) is 9.15 Å². The van der Waals surface area contributed by atoms with E-state index in [2.05, 4.69) is 22.2 Å². The average molecular weight is 358 g/mol. The van der Waals surface area contributed by atoms with Crippen LogP contribution >= 0.6 is 11.3 Å². The number of aromatic nitrogens is 1. The highest BCUT2D eigenvalue weighted by atomic mass is 32.1. The molecule has 0 bridgehead atoms. The molecule has 2 aromatic heterocycles. The van der Waals surface area contributed by atoms with Gasteiger partial charge in [0, 0.05) is 17.3 Å². The summed E-state index contributed by atoms with van der Waals surface area (Å²) in [5, 5.41) is 4.02. The van der Waals surface area contributed by atoms with Gasteiger partial charge in [-0.2, -0.15) is 0 Å². The number of hydrogen-bond donors (Lipinski definition) is 0. The predicted octanol–water partition coefficient (Wildman–Crippen LogP) is 4.26. The number of fused-ring (bicyclic) bond motifs is 1. The van der Waals surface area contributed by atoms with Gasteiger partial charge >= 0.3 is 5.97 Å². The predicted molar refractivity (Wildman–Crippen MR) is 98.8 cm³/mol. The molecule has 0 saturated carbocycles. The van der Waals surface area contributed by atoms with Crippen molar-refractivity contribution < 1.29 is 13.9 Å². The normalized spacial score (nSPS) is 11.4. The molecule has 0 saturated heterocycles. The molecule has 0 aliphatic heterocycles. The van der Waals surface area contributed by atoms with E-state index in [1.165, 1.54) is 0 Å². The SMILES string of the molecule is CCOC(=O)c1c(CN(C)Cc2csc(CC)n2)oc2ccccc12. The Morgan fingerprint density at radius 1 is 1.28 bits per heavy atom. The van der Waals surface area contributed by atoms with Gasteiger partial charge in [-0.05, 0) is 26.5 Å². The van der Waals surface area contributed by atoms with E-state index in [-0.39, 0.29) is 5.97 Å². The molecule has 0 N–H and O–H groups in total. The second-order valence-corrected chi connectivity index (χ2v) is 6.82. The molecule has 0 fully saturated rings. The molecule has 6 heteroatoms. The van der Waals surface area contributed by atoms with Crippen LogP contribution in [0.3, 0.4) is 0 Å². The van der Waals surface area contributed by atoms with Gasteiger partial charge in [0.1, 0.15) is 16.9 Å². The molecule has 25 heavy (non-hydrogen) atoms. The van der Waals surface area contributed by atoms with Gasteiger partial charge in [0.05, 0.1) is 23.9 Å². The van der Waals surface area contributed by atoms with E-state index in [0.717, 1.165) is 22.5 Å². The van der Waals surface area contributed by atoms with Crippen LogP contribution in [0.25, 0.3) is 11.0 Å². The van der Waals surface area contributed by atoms with Crippen molar-refractivity contribution in [3.05, 3.63) is 51.7 Å². The highest BCUT2D eigenvalue weighted by Crippen LogP contribution is 2.28. The summed E-state index contributed by atoms with van der Waals surface area (Å²) in [7, 11) is 1.99. The summed E-state index contributed by atoms with van der Waals surface area (Å²) in [6, 6.07) is 7.56. The van der Waals surface area contributed by atoms with Crippen LogP contribution in [0, 0.1) is 0 Å². The van der Waals surface area contributed by atoms with E-state index >= 15 is 0 Å². The summed E-state index contributed by atoms with van der Waals surface area (Å²) in [6.07, 6.45) is 0.949. The molecule has 0 unspecified atom stereocenters. The largest absolute Gasteiger partial charge is 0.462 e. The zero-order valence-electron chi connectivity index (χ0n) is 14.7. The lowest BCUT2D eigenvalue weighted by atomic mass is 10.1. The topological polar surface area (TPSA) is 55.6 Å². The van der Waals surface area contributed by atoms with E-state index < -0.39 is 0 Å². The molecule has 0 aliphatic carbocycles. The van der Waals surface area contributed by atoms with Crippen LogP contribution in [-0.2, 0) is 24.2 Å². The number of nitrogens with zero attached hydrogens (tertiary/aromatic N) is 2. The zero-order valence-corrected chi connectivity index (χ0v) is 15.6. The van der Waals surface area contributed by atoms with Gasteiger partial charge in [-0.1, -0.05) is 25.1 Å². The maximum Gasteiger partial charge on any atom is 0.342 e. The van der Waals surface area contributed by atoms with Crippen molar-refractivity contribution in [3.63, 3.8) is 0 Å². The van der Waals surface area contributed by atoms with Crippen molar-refractivity contribution in [2.45, 2.75) is 33.4 Å². The Kier molecular flexibility index (Phi) is 5.50. The maximum atomic E-state index is 12.4. The van der Waals surface area contributed by atoms with Crippen LogP contribution in [0.15, 0.2) is 34.1 Å². The number of thiazole rings is 1. The van der Waals surface area contributed by atoms with Crippen LogP contribution in [-0.4, -0.2) is 29.5 Å². The van der Waals surface area contributed by atoms with Crippen molar-refractivity contribution in [2.24, 2.45) is 0 Å². The van der Waals surface area contributed by atoms with Crippen LogP contribution in [0.4, 0.5) is 0 Å². The first kappa shape index (κ1) is 17.6. The second kappa shape index (κ2) is 7.80. The standard InChI is InChI=1S/C19H22N2O3S/c1-4-17-20-13(12-25-17)10-21(3)11-16-18(19(22)23-5-2)14-8-6-7-9-15(14)24-16/h6-9,12H,4-5,10-11H2,1-3H3. The number of rotatable bonds is 7. The van der Waals surface area contributed by atoms with Gasteiger partial charge < -0.3 is 9.15 Å². The maximum absolute atomic E-state index is 12.4. The highest BCUT2D eigenvalue weighted by molar-refractivity contribution is 7.09. The fourth-order valence-corrected chi connectivity index (χ4v) is 3.53. The monoisotopic (exact) mass is 358 g/mol. The quantitative estimate of drug-likeness (QED) is 0.591. The third kappa shape index (κ3) is 3.91. The summed E-state index contributed by atoms with van der Waals surface area (Å²) < 4.78 is 11.2. The number of benzene rings is 1. The van der Waals surface area contributed by atoms with Crippen molar-refractivity contribution in [2.75, 3.05) is 13.7 Å². The summed E-state index contributed by atoms with van der Waals surface area (Å²) in [4.78, 5) is 19.1. The molecule has 3 rings (SSSR count). The molecular formula is C19H22N2O3S. The fraction of sp³-hybridized carbons (Fsp3) is 0.368. The van der Waals surface area contributed by atoms with Gasteiger partial charge in [0.25, 0.3) is 0 Å². The van der Waals surface area contributed by atoms with Crippen molar-refractivity contribution in [1.29, 1.82) is 0 Å². The van der Waals surface area contributed by atoms with Crippen LogP contribution in [0.2, 0.25) is 0 Å². The lowest BCUT2D eigenvalue weighted by Crippen LogP contribution is -2.19. The zero-order chi connectivity index (χ0) is 17.8. The Hall–Kier alpha value is -2.18. The first-order valence-corrected chi connectivity index (χ1v) is 9.29. The average Bonchev–Trinajstić information content (AvgIpc) is 3.18. The van der Waals surface area contributed by atoms with Crippen LogP contribution in [0.1, 0.15) is 40.7 Å². The summed E-state index contributed by atoms with van der Waals surface area (Å²) >= 11 is 1.68. The Morgan fingerprint density at radius 2 is 2.08 bits per heavy atom. The smallest absolute Gasteiger partial charge is 0.342 e. The molecule has 2 heterocycles. The minimum absolute atomic E-state index is 0.335. The molecule has 3 aromatic rings. The van der Waals surface area contributed by atoms with E-state index in [1.54, 1.807) is 18.3 Å². The fourth-order valence-electron chi connectivity index (χ4n) is 2.80. The highest BCUT2D eigenvalue weighted by Gasteiger charge is 2.22. The Bertz CT molecular complexity index is 869. The molecule has 5 nitrogen and oxygen atoms in total. The first-order valence-electron chi connectivity index (χ1n) is 8.41. The van der Waals surface area contributed by atoms with Gasteiger partial charge in [-0.25, -0.2) is 9.78 Å². The number of para-hydroxylation sites is 1. The van der Waals surface area contributed by atoms with E-state index in [9.17, 15) is 4.79 Å². The first-order chi connectivity index (χ1) is 12.1. The van der Waals surface area contributed by atoms with Gasteiger partial charge in [-0.3, -0.25) is 4.90 Å². The number of furan rings is 1. The van der Waals surface area contributed by atoms with Crippen molar-refractivity contribution in [1.82, 2.24) is 9.88 Å². The van der Waals surface area contributed by atoms with Gasteiger partial charge in [0.15, 0.2) is 0 Å². The van der Waals surface area contributed by atoms with Crippen LogP contribution in [0.5, 0.6) is 0 Å². The number of carbonyl (C=O) groups is 1. The van der Waals surface area contributed by atoms with Gasteiger partial charge in [-0.15, -0.1) is 11.3 Å².